The van der Waals surface area contributed by atoms with E-state index in [-0.39, 0.29) is 0 Å². The fraction of sp³-hybridized carbons (Fsp3) is 0.100. The van der Waals surface area contributed by atoms with E-state index in [1.807, 2.05) is 42.2 Å². The molecule has 0 bridgehead atoms. The fourth-order valence-electron chi connectivity index (χ4n) is 0.861. The van der Waals surface area contributed by atoms with E-state index in [0.717, 1.165) is 10.7 Å². The third-order valence-electron chi connectivity index (χ3n) is 1.38. The number of benzene rings is 1. The molecule has 5 heteroatoms. The van der Waals surface area contributed by atoms with Gasteiger partial charge in [-0.1, -0.05) is 30.4 Å². The van der Waals surface area contributed by atoms with E-state index in [1.165, 1.54) is 0 Å². The number of aromatic nitrogens is 2. The molecule has 0 aliphatic rings. The van der Waals surface area contributed by atoms with Crippen molar-refractivity contribution in [3.63, 3.8) is 0 Å². The SMILES string of the molecule is CC(=S)Nc1ccccc1.c1c[se]nn1. The minimum absolute atomic E-state index is 0.347. The molecular formula is C10H11N3SSe. The summed E-state index contributed by atoms with van der Waals surface area (Å²) in [5, 5.41) is 6.59. The molecule has 0 aliphatic carbocycles. The normalized spacial score (nSPS) is 8.60. The summed E-state index contributed by atoms with van der Waals surface area (Å²) in [5.74, 6) is 0. The Morgan fingerprint density at radius 1 is 1.33 bits per heavy atom. The van der Waals surface area contributed by atoms with Crippen LogP contribution in [0.15, 0.2) is 41.5 Å². The van der Waals surface area contributed by atoms with Gasteiger partial charge in [0.1, 0.15) is 0 Å². The van der Waals surface area contributed by atoms with Gasteiger partial charge in [-0.2, -0.15) is 0 Å². The summed E-state index contributed by atoms with van der Waals surface area (Å²) in [5.41, 5.74) is 1.05. The Morgan fingerprint density at radius 2 is 2.07 bits per heavy atom. The van der Waals surface area contributed by atoms with Crippen molar-refractivity contribution in [3.8, 4) is 0 Å². The van der Waals surface area contributed by atoms with Crippen LogP contribution in [0.4, 0.5) is 5.69 Å². The van der Waals surface area contributed by atoms with Gasteiger partial charge in [0, 0.05) is 5.69 Å². The first-order valence-electron chi connectivity index (χ1n) is 4.32. The van der Waals surface area contributed by atoms with Crippen LogP contribution in [0, 0.1) is 0 Å². The predicted octanol–water partition coefficient (Wildman–Crippen LogP) is 1.98. The van der Waals surface area contributed by atoms with Crippen molar-refractivity contribution in [2.75, 3.05) is 5.32 Å². The monoisotopic (exact) mass is 285 g/mol. The second-order valence-electron chi connectivity index (χ2n) is 2.63. The van der Waals surface area contributed by atoms with E-state index < -0.39 is 0 Å². The third kappa shape index (κ3) is 6.12. The van der Waals surface area contributed by atoms with Crippen LogP contribution in [-0.2, 0) is 0 Å². The van der Waals surface area contributed by atoms with Crippen molar-refractivity contribution >= 4 is 37.6 Å². The molecule has 0 unspecified atom stereocenters. The standard InChI is InChI=1S/C8H9NS.C2H2N2Se/c1-7(10)9-8-5-3-2-4-6-8;1-2-5-4-3-1/h2-6H,1H3,(H,9,10);1-2H. The Balaban J connectivity index is 0.000000187. The number of rotatable bonds is 1. The fourth-order valence-corrected chi connectivity index (χ4v) is 1.55. The van der Waals surface area contributed by atoms with Crippen LogP contribution < -0.4 is 5.32 Å². The van der Waals surface area contributed by atoms with Gasteiger partial charge in [-0.05, 0) is 19.1 Å². The molecule has 1 heterocycles. The molecule has 1 N–H and O–H groups in total. The minimum atomic E-state index is 0.347. The topological polar surface area (TPSA) is 37.8 Å². The van der Waals surface area contributed by atoms with Crippen molar-refractivity contribution in [1.29, 1.82) is 0 Å². The van der Waals surface area contributed by atoms with Crippen LogP contribution >= 0.6 is 12.2 Å². The molecule has 0 saturated heterocycles. The number of nitrogens with zero attached hydrogens (tertiary/aromatic N) is 2. The summed E-state index contributed by atoms with van der Waals surface area (Å²) in [6, 6.07) is 9.89. The molecular weight excluding hydrogens is 273 g/mol. The maximum absolute atomic E-state index is 4.87. The first-order valence-corrected chi connectivity index (χ1v) is 6.49. The van der Waals surface area contributed by atoms with Crippen molar-refractivity contribution < 1.29 is 0 Å². The van der Waals surface area contributed by atoms with Gasteiger partial charge in [-0.3, -0.25) is 0 Å². The molecule has 0 aliphatic heterocycles. The summed E-state index contributed by atoms with van der Waals surface area (Å²) in [7, 11) is 0. The molecule has 1 aromatic heterocycles. The van der Waals surface area contributed by atoms with Crippen LogP contribution in [0.25, 0.3) is 0 Å². The van der Waals surface area contributed by atoms with Gasteiger partial charge >= 0.3 is 35.1 Å². The maximum atomic E-state index is 4.87. The number of hydrogen-bond donors (Lipinski definition) is 1. The van der Waals surface area contributed by atoms with Crippen molar-refractivity contribution in [2.45, 2.75) is 6.92 Å². The zero-order chi connectivity index (χ0) is 10.9. The van der Waals surface area contributed by atoms with Crippen LogP contribution in [-0.4, -0.2) is 28.9 Å². The van der Waals surface area contributed by atoms with Gasteiger partial charge in [0.25, 0.3) is 0 Å². The van der Waals surface area contributed by atoms with Gasteiger partial charge < -0.3 is 5.32 Å². The van der Waals surface area contributed by atoms with Crippen molar-refractivity contribution in [3.05, 3.63) is 41.5 Å². The van der Waals surface area contributed by atoms with Crippen molar-refractivity contribution in [2.24, 2.45) is 0 Å². The van der Waals surface area contributed by atoms with E-state index >= 15 is 0 Å². The first-order chi connectivity index (χ1) is 7.29. The second kappa shape index (κ2) is 7.29. The Morgan fingerprint density at radius 3 is 2.47 bits per heavy atom. The Labute approximate surface area is 101 Å². The second-order valence-corrected chi connectivity index (χ2v) is 4.60. The molecule has 2 rings (SSSR count). The summed E-state index contributed by atoms with van der Waals surface area (Å²) < 4.78 is 3.66. The summed E-state index contributed by atoms with van der Waals surface area (Å²) in [6.07, 6.45) is 1.72. The van der Waals surface area contributed by atoms with Gasteiger partial charge in [-0.15, -0.1) is 0 Å². The molecule has 0 amide bonds. The molecule has 2 aromatic rings. The summed E-state index contributed by atoms with van der Waals surface area (Å²) in [4.78, 5) is 2.76. The summed E-state index contributed by atoms with van der Waals surface area (Å²) >= 11 is 5.21. The van der Waals surface area contributed by atoms with E-state index in [2.05, 4.69) is 14.5 Å². The molecule has 3 nitrogen and oxygen atoms in total. The molecule has 78 valence electrons. The Hall–Kier alpha value is -1.03. The number of hydrogen-bond acceptors (Lipinski definition) is 3. The molecule has 1 aromatic carbocycles. The Kier molecular flexibility index (Phi) is 5.85. The molecule has 0 radical (unpaired) electrons. The molecule has 0 fully saturated rings. The molecule has 0 saturated carbocycles. The Bertz CT molecular complexity index is 358. The van der Waals surface area contributed by atoms with Crippen LogP contribution in [0.2, 0.25) is 0 Å². The van der Waals surface area contributed by atoms with Crippen LogP contribution in [0.1, 0.15) is 6.92 Å². The number of thiocarbonyl (C=S) groups is 1. The average molecular weight is 284 g/mol. The van der Waals surface area contributed by atoms with E-state index in [4.69, 9.17) is 12.2 Å². The molecule has 15 heavy (non-hydrogen) atoms. The molecule has 0 spiro atoms. The zero-order valence-corrected chi connectivity index (χ0v) is 10.8. The van der Waals surface area contributed by atoms with Gasteiger partial charge in [0.15, 0.2) is 0 Å². The van der Waals surface area contributed by atoms with Gasteiger partial charge in [0.2, 0.25) is 0 Å². The quantitative estimate of drug-likeness (QED) is 0.642. The van der Waals surface area contributed by atoms with E-state index in [9.17, 15) is 0 Å². The van der Waals surface area contributed by atoms with E-state index in [1.54, 1.807) is 6.20 Å². The van der Waals surface area contributed by atoms with Crippen LogP contribution in [0.5, 0.6) is 0 Å². The van der Waals surface area contributed by atoms with Gasteiger partial charge in [-0.25, -0.2) is 0 Å². The average Bonchev–Trinajstić information content (AvgIpc) is 2.76. The number of anilines is 1. The molecule has 0 atom stereocenters. The number of nitrogens with one attached hydrogen (secondary N) is 1. The summed E-state index contributed by atoms with van der Waals surface area (Å²) in [6.45, 7) is 1.86. The number of para-hydroxylation sites is 1. The third-order valence-corrected chi connectivity index (χ3v) is 2.39. The zero-order valence-electron chi connectivity index (χ0n) is 8.25. The van der Waals surface area contributed by atoms with E-state index in [0.29, 0.717) is 14.7 Å². The van der Waals surface area contributed by atoms with Gasteiger partial charge in [0.05, 0.1) is 4.99 Å². The first kappa shape index (κ1) is 12.0. The predicted molar refractivity (Wildman–Crippen MR) is 67.3 cm³/mol. The van der Waals surface area contributed by atoms with Crippen molar-refractivity contribution in [1.82, 2.24) is 9.19 Å². The van der Waals surface area contributed by atoms with Crippen LogP contribution in [0.3, 0.4) is 0 Å².